The van der Waals surface area contributed by atoms with Gasteiger partial charge in [-0.05, 0) is 30.9 Å². The Hall–Kier alpha value is -1.51. The van der Waals surface area contributed by atoms with Crippen molar-refractivity contribution in [2.75, 3.05) is 11.9 Å². The number of carboxylic acid groups (broad SMARTS) is 1. The minimum absolute atomic E-state index is 0.378. The zero-order chi connectivity index (χ0) is 13.7. The van der Waals surface area contributed by atoms with E-state index in [1.807, 2.05) is 13.0 Å². The van der Waals surface area contributed by atoms with Gasteiger partial charge in [0.25, 0.3) is 0 Å². The quantitative estimate of drug-likeness (QED) is 0.839. The molecule has 1 aromatic rings. The first-order valence-corrected chi connectivity index (χ1v) is 7.25. The molecule has 2 rings (SSSR count). The fraction of sp³-hybridized carbons (Fsp3) is 0.562. The number of para-hydroxylation sites is 1. The predicted octanol–water partition coefficient (Wildman–Crippen LogP) is 4.08. The van der Waals surface area contributed by atoms with Gasteiger partial charge in [-0.25, -0.2) is 4.79 Å². The molecule has 0 spiro atoms. The summed E-state index contributed by atoms with van der Waals surface area (Å²) in [6.07, 6.45) is 7.91. The highest BCUT2D eigenvalue weighted by molar-refractivity contribution is 5.95. The Balaban J connectivity index is 1.93. The summed E-state index contributed by atoms with van der Waals surface area (Å²) in [5, 5.41) is 12.5. The maximum absolute atomic E-state index is 11.2. The summed E-state index contributed by atoms with van der Waals surface area (Å²) in [5.74, 6) is -0.0394. The molecule has 0 amide bonds. The van der Waals surface area contributed by atoms with E-state index in [4.69, 9.17) is 0 Å². The van der Waals surface area contributed by atoms with E-state index in [1.54, 1.807) is 12.1 Å². The largest absolute Gasteiger partial charge is 0.478 e. The van der Waals surface area contributed by atoms with Crippen LogP contribution in [0.4, 0.5) is 5.69 Å². The Bertz CT molecular complexity index is 436. The number of aromatic carboxylic acids is 1. The lowest BCUT2D eigenvalue weighted by atomic mass is 9.87. The summed E-state index contributed by atoms with van der Waals surface area (Å²) in [6, 6.07) is 5.42. The lowest BCUT2D eigenvalue weighted by Gasteiger charge is -2.22. The zero-order valence-electron chi connectivity index (χ0n) is 11.6. The number of carboxylic acids is 1. The first-order chi connectivity index (χ1) is 9.18. The van der Waals surface area contributed by atoms with Gasteiger partial charge in [-0.2, -0.15) is 0 Å². The summed E-state index contributed by atoms with van der Waals surface area (Å²) < 4.78 is 0. The molecule has 19 heavy (non-hydrogen) atoms. The molecule has 0 radical (unpaired) electrons. The molecule has 3 nitrogen and oxygen atoms in total. The normalized spacial score (nSPS) is 16.3. The lowest BCUT2D eigenvalue weighted by molar-refractivity contribution is 0.0698. The number of nitrogens with one attached hydrogen (secondary N) is 1. The van der Waals surface area contributed by atoms with Crippen molar-refractivity contribution < 1.29 is 9.90 Å². The van der Waals surface area contributed by atoms with Gasteiger partial charge >= 0.3 is 5.97 Å². The second-order valence-electron chi connectivity index (χ2n) is 5.52. The minimum Gasteiger partial charge on any atom is -0.478 e. The molecule has 1 saturated carbocycles. The van der Waals surface area contributed by atoms with Gasteiger partial charge in [0, 0.05) is 6.54 Å². The maximum atomic E-state index is 11.2. The van der Waals surface area contributed by atoms with Gasteiger partial charge < -0.3 is 10.4 Å². The van der Waals surface area contributed by atoms with Crippen LogP contribution < -0.4 is 5.32 Å². The highest BCUT2D eigenvalue weighted by Crippen LogP contribution is 2.27. The predicted molar refractivity (Wildman–Crippen MR) is 77.8 cm³/mol. The minimum atomic E-state index is -0.858. The molecule has 0 aliphatic heterocycles. The first kappa shape index (κ1) is 13.9. The number of hydrogen-bond donors (Lipinski definition) is 2. The summed E-state index contributed by atoms with van der Waals surface area (Å²) in [6.45, 7) is 2.82. The lowest BCUT2D eigenvalue weighted by Crippen LogP contribution is -2.14. The third-order valence-corrected chi connectivity index (χ3v) is 4.08. The van der Waals surface area contributed by atoms with E-state index in [0.29, 0.717) is 5.56 Å². The molecule has 0 heterocycles. The van der Waals surface area contributed by atoms with E-state index in [9.17, 15) is 9.90 Å². The van der Waals surface area contributed by atoms with Gasteiger partial charge in [0.05, 0.1) is 11.3 Å². The highest BCUT2D eigenvalue weighted by Gasteiger charge is 2.14. The third-order valence-electron chi connectivity index (χ3n) is 4.08. The highest BCUT2D eigenvalue weighted by atomic mass is 16.4. The van der Waals surface area contributed by atoms with Crippen molar-refractivity contribution in [2.24, 2.45) is 5.92 Å². The van der Waals surface area contributed by atoms with Crippen LogP contribution in [0, 0.1) is 12.8 Å². The van der Waals surface area contributed by atoms with Crippen LogP contribution in [-0.4, -0.2) is 17.6 Å². The standard InChI is InChI=1S/C16H23NO2/c1-12-6-5-9-14(16(18)19)15(12)17-11-10-13-7-3-2-4-8-13/h5-6,9,13,17H,2-4,7-8,10-11H2,1H3,(H,18,19). The molecular weight excluding hydrogens is 238 g/mol. The molecular formula is C16H23NO2. The molecule has 1 aliphatic rings. The second-order valence-corrected chi connectivity index (χ2v) is 5.52. The van der Waals surface area contributed by atoms with Crippen molar-refractivity contribution in [1.29, 1.82) is 0 Å². The number of hydrogen-bond acceptors (Lipinski definition) is 2. The van der Waals surface area contributed by atoms with Crippen molar-refractivity contribution >= 4 is 11.7 Å². The van der Waals surface area contributed by atoms with Crippen LogP contribution in [0.3, 0.4) is 0 Å². The Kier molecular flexibility index (Phi) is 4.83. The van der Waals surface area contributed by atoms with Crippen molar-refractivity contribution in [3.8, 4) is 0 Å². The Labute approximate surface area is 115 Å². The number of anilines is 1. The van der Waals surface area contributed by atoms with Gasteiger partial charge in [-0.3, -0.25) is 0 Å². The SMILES string of the molecule is Cc1cccc(C(=O)O)c1NCCC1CCCCC1. The summed E-state index contributed by atoms with van der Waals surface area (Å²) in [5.41, 5.74) is 2.16. The molecule has 2 N–H and O–H groups in total. The maximum Gasteiger partial charge on any atom is 0.337 e. The molecule has 1 aromatic carbocycles. The van der Waals surface area contributed by atoms with Crippen molar-refractivity contribution in [3.63, 3.8) is 0 Å². The summed E-state index contributed by atoms with van der Waals surface area (Å²) in [4.78, 5) is 11.2. The van der Waals surface area contributed by atoms with Crippen molar-refractivity contribution in [3.05, 3.63) is 29.3 Å². The molecule has 0 atom stereocenters. The second kappa shape index (κ2) is 6.60. The molecule has 1 fully saturated rings. The Morgan fingerprint density at radius 3 is 2.74 bits per heavy atom. The van der Waals surface area contributed by atoms with Crippen molar-refractivity contribution in [1.82, 2.24) is 0 Å². The average molecular weight is 261 g/mol. The van der Waals surface area contributed by atoms with Gasteiger partial charge in [-0.15, -0.1) is 0 Å². The topological polar surface area (TPSA) is 49.3 Å². The number of carbonyl (C=O) groups is 1. The van der Waals surface area contributed by atoms with E-state index in [0.717, 1.165) is 30.1 Å². The fourth-order valence-corrected chi connectivity index (χ4v) is 2.96. The van der Waals surface area contributed by atoms with Gasteiger partial charge in [-0.1, -0.05) is 44.2 Å². The molecule has 0 saturated heterocycles. The summed E-state index contributed by atoms with van der Waals surface area (Å²) in [7, 11) is 0. The van der Waals surface area contributed by atoms with Crippen LogP contribution in [0.2, 0.25) is 0 Å². The van der Waals surface area contributed by atoms with Gasteiger partial charge in [0.2, 0.25) is 0 Å². The zero-order valence-corrected chi connectivity index (χ0v) is 11.6. The number of rotatable bonds is 5. The number of aryl methyl sites for hydroxylation is 1. The Morgan fingerprint density at radius 1 is 1.32 bits per heavy atom. The molecule has 3 heteroatoms. The van der Waals surface area contributed by atoms with Crippen LogP contribution in [0.25, 0.3) is 0 Å². The van der Waals surface area contributed by atoms with Crippen LogP contribution in [0.15, 0.2) is 18.2 Å². The Morgan fingerprint density at radius 2 is 2.05 bits per heavy atom. The fourth-order valence-electron chi connectivity index (χ4n) is 2.96. The van der Waals surface area contributed by atoms with Gasteiger partial charge in [0.15, 0.2) is 0 Å². The van der Waals surface area contributed by atoms with Gasteiger partial charge in [0.1, 0.15) is 0 Å². The van der Waals surface area contributed by atoms with Crippen LogP contribution in [-0.2, 0) is 0 Å². The smallest absolute Gasteiger partial charge is 0.337 e. The monoisotopic (exact) mass is 261 g/mol. The van der Waals surface area contributed by atoms with E-state index in [-0.39, 0.29) is 0 Å². The van der Waals surface area contributed by atoms with Crippen LogP contribution in [0.5, 0.6) is 0 Å². The average Bonchev–Trinajstić information content (AvgIpc) is 2.41. The van der Waals surface area contributed by atoms with E-state index in [2.05, 4.69) is 5.32 Å². The third kappa shape index (κ3) is 3.72. The van der Waals surface area contributed by atoms with E-state index >= 15 is 0 Å². The molecule has 0 unspecified atom stereocenters. The molecule has 1 aliphatic carbocycles. The molecule has 0 aromatic heterocycles. The molecule has 104 valence electrons. The van der Waals surface area contributed by atoms with Crippen LogP contribution in [0.1, 0.15) is 54.4 Å². The molecule has 0 bridgehead atoms. The van der Waals surface area contributed by atoms with E-state index < -0.39 is 5.97 Å². The summed E-state index contributed by atoms with van der Waals surface area (Å²) >= 11 is 0. The van der Waals surface area contributed by atoms with E-state index in [1.165, 1.54) is 32.1 Å². The number of benzene rings is 1. The first-order valence-electron chi connectivity index (χ1n) is 7.25. The van der Waals surface area contributed by atoms with Crippen LogP contribution >= 0.6 is 0 Å². The van der Waals surface area contributed by atoms with Crippen molar-refractivity contribution in [2.45, 2.75) is 45.4 Å².